The van der Waals surface area contributed by atoms with Crippen molar-refractivity contribution in [3.8, 4) is 11.1 Å². The van der Waals surface area contributed by atoms with E-state index in [2.05, 4.69) is 10.2 Å². The Morgan fingerprint density at radius 1 is 1.12 bits per heavy atom. The minimum Gasteiger partial charge on any atom is -0.282 e. The molecule has 0 amide bonds. The molecule has 2 rings (SSSR count). The Morgan fingerprint density at radius 2 is 1.81 bits per heavy atom. The first kappa shape index (κ1) is 10.7. The molecule has 0 radical (unpaired) electrons. The SMILES string of the molecule is Cc1[nH]ncc1-c1ccccc1C(F)(F)F. The summed E-state index contributed by atoms with van der Waals surface area (Å²) < 4.78 is 38.2. The van der Waals surface area contributed by atoms with Crippen molar-refractivity contribution < 1.29 is 13.2 Å². The molecule has 0 aliphatic heterocycles. The molecule has 0 atom stereocenters. The van der Waals surface area contributed by atoms with Crippen molar-refractivity contribution >= 4 is 0 Å². The molecule has 84 valence electrons. The first-order chi connectivity index (χ1) is 7.50. The zero-order valence-corrected chi connectivity index (χ0v) is 8.47. The Bertz CT molecular complexity index is 500. The van der Waals surface area contributed by atoms with Crippen LogP contribution in [0.25, 0.3) is 11.1 Å². The van der Waals surface area contributed by atoms with E-state index >= 15 is 0 Å². The van der Waals surface area contributed by atoms with Crippen molar-refractivity contribution in [1.29, 1.82) is 0 Å². The lowest BCUT2D eigenvalue weighted by atomic mass is 10.0. The zero-order valence-electron chi connectivity index (χ0n) is 8.47. The normalized spacial score (nSPS) is 11.8. The minimum atomic E-state index is -4.35. The zero-order chi connectivity index (χ0) is 11.8. The monoisotopic (exact) mass is 226 g/mol. The third kappa shape index (κ3) is 1.80. The fraction of sp³-hybridized carbons (Fsp3) is 0.182. The Balaban J connectivity index is 2.62. The van der Waals surface area contributed by atoms with Gasteiger partial charge in [-0.2, -0.15) is 18.3 Å². The van der Waals surface area contributed by atoms with Crippen LogP contribution in [0.4, 0.5) is 13.2 Å². The quantitative estimate of drug-likeness (QED) is 0.793. The third-order valence-electron chi connectivity index (χ3n) is 2.35. The molecule has 0 aliphatic rings. The van der Waals surface area contributed by atoms with Gasteiger partial charge in [0.05, 0.1) is 11.8 Å². The lowest BCUT2D eigenvalue weighted by Crippen LogP contribution is -2.06. The van der Waals surface area contributed by atoms with Crippen molar-refractivity contribution in [2.45, 2.75) is 13.1 Å². The molecular weight excluding hydrogens is 217 g/mol. The van der Waals surface area contributed by atoms with Crippen LogP contribution in [-0.2, 0) is 6.18 Å². The Morgan fingerprint density at radius 3 is 2.38 bits per heavy atom. The van der Waals surface area contributed by atoms with Crippen molar-refractivity contribution in [2.24, 2.45) is 0 Å². The fourth-order valence-corrected chi connectivity index (χ4v) is 1.59. The summed E-state index contributed by atoms with van der Waals surface area (Å²) in [6.45, 7) is 1.69. The maximum atomic E-state index is 12.7. The Labute approximate surface area is 90.1 Å². The van der Waals surface area contributed by atoms with Gasteiger partial charge in [0.25, 0.3) is 0 Å². The minimum absolute atomic E-state index is 0.154. The number of hydrogen-bond acceptors (Lipinski definition) is 1. The molecule has 0 fully saturated rings. The van der Waals surface area contributed by atoms with Crippen LogP contribution in [-0.4, -0.2) is 10.2 Å². The average Bonchev–Trinajstić information content (AvgIpc) is 2.63. The van der Waals surface area contributed by atoms with Gasteiger partial charge in [0.2, 0.25) is 0 Å². The molecule has 0 aliphatic carbocycles. The van der Waals surface area contributed by atoms with Gasteiger partial charge in [-0.15, -0.1) is 0 Å². The lowest BCUT2D eigenvalue weighted by molar-refractivity contribution is -0.137. The molecule has 1 aromatic heterocycles. The van der Waals surface area contributed by atoms with Gasteiger partial charge in [0.1, 0.15) is 0 Å². The molecule has 16 heavy (non-hydrogen) atoms. The summed E-state index contributed by atoms with van der Waals surface area (Å²) in [4.78, 5) is 0. The van der Waals surface area contributed by atoms with E-state index in [9.17, 15) is 13.2 Å². The summed E-state index contributed by atoms with van der Waals surface area (Å²) in [5, 5.41) is 6.36. The first-order valence-electron chi connectivity index (χ1n) is 4.66. The predicted octanol–water partition coefficient (Wildman–Crippen LogP) is 3.40. The summed E-state index contributed by atoms with van der Waals surface area (Å²) in [7, 11) is 0. The van der Waals surface area contributed by atoms with Gasteiger partial charge >= 0.3 is 6.18 Å². The summed E-state index contributed by atoms with van der Waals surface area (Å²) in [6.07, 6.45) is -2.94. The number of H-pyrrole nitrogens is 1. The van der Waals surface area contributed by atoms with E-state index in [4.69, 9.17) is 0 Å². The highest BCUT2D eigenvalue weighted by Crippen LogP contribution is 2.37. The van der Waals surface area contributed by atoms with Gasteiger partial charge in [0, 0.05) is 11.3 Å². The largest absolute Gasteiger partial charge is 0.417 e. The van der Waals surface area contributed by atoms with Gasteiger partial charge in [-0.3, -0.25) is 5.10 Å². The number of nitrogens with one attached hydrogen (secondary N) is 1. The van der Waals surface area contributed by atoms with E-state index in [1.54, 1.807) is 13.0 Å². The molecule has 5 heteroatoms. The number of hydrogen-bond donors (Lipinski definition) is 1. The standard InChI is InChI=1S/C11H9F3N2/c1-7-9(6-15-16-7)8-4-2-3-5-10(8)11(12,13)14/h2-6H,1H3,(H,15,16). The fourth-order valence-electron chi connectivity index (χ4n) is 1.59. The molecule has 0 saturated carbocycles. The van der Waals surface area contributed by atoms with Gasteiger partial charge in [0.15, 0.2) is 0 Å². The van der Waals surface area contributed by atoms with Gasteiger partial charge in [-0.1, -0.05) is 18.2 Å². The molecule has 1 N–H and O–H groups in total. The molecule has 0 saturated heterocycles. The van der Waals surface area contributed by atoms with E-state index in [-0.39, 0.29) is 5.56 Å². The third-order valence-corrected chi connectivity index (χ3v) is 2.35. The number of nitrogens with zero attached hydrogens (tertiary/aromatic N) is 1. The maximum absolute atomic E-state index is 12.7. The van der Waals surface area contributed by atoms with Crippen LogP contribution in [0, 0.1) is 6.92 Å². The maximum Gasteiger partial charge on any atom is 0.417 e. The summed E-state index contributed by atoms with van der Waals surface area (Å²) in [5.74, 6) is 0. The second-order valence-electron chi connectivity index (χ2n) is 3.45. The van der Waals surface area contributed by atoms with E-state index in [0.717, 1.165) is 6.07 Å². The van der Waals surface area contributed by atoms with E-state index < -0.39 is 11.7 Å². The second kappa shape index (κ2) is 3.66. The van der Waals surface area contributed by atoms with Crippen LogP contribution in [0.3, 0.4) is 0 Å². The molecule has 2 nitrogen and oxygen atoms in total. The molecule has 2 aromatic rings. The average molecular weight is 226 g/mol. The lowest BCUT2D eigenvalue weighted by Gasteiger charge is -2.11. The topological polar surface area (TPSA) is 28.7 Å². The summed E-state index contributed by atoms with van der Waals surface area (Å²) in [5.41, 5.74) is 0.616. The molecule has 0 bridgehead atoms. The van der Waals surface area contributed by atoms with Crippen molar-refractivity contribution in [3.63, 3.8) is 0 Å². The Kier molecular flexibility index (Phi) is 2.46. The first-order valence-corrected chi connectivity index (χ1v) is 4.66. The van der Waals surface area contributed by atoms with Crippen LogP contribution >= 0.6 is 0 Å². The van der Waals surface area contributed by atoms with E-state index in [1.807, 2.05) is 0 Å². The highest BCUT2D eigenvalue weighted by molar-refractivity contribution is 5.69. The smallest absolute Gasteiger partial charge is 0.282 e. The highest BCUT2D eigenvalue weighted by Gasteiger charge is 2.33. The van der Waals surface area contributed by atoms with Gasteiger partial charge in [-0.05, 0) is 18.6 Å². The molecule has 0 spiro atoms. The molecule has 1 heterocycles. The second-order valence-corrected chi connectivity index (χ2v) is 3.45. The van der Waals surface area contributed by atoms with Crippen LogP contribution < -0.4 is 0 Å². The summed E-state index contributed by atoms with van der Waals surface area (Å²) in [6, 6.07) is 5.47. The van der Waals surface area contributed by atoms with Gasteiger partial charge < -0.3 is 0 Å². The number of halogens is 3. The number of aromatic nitrogens is 2. The molecule has 1 aromatic carbocycles. The van der Waals surface area contributed by atoms with Crippen LogP contribution in [0.1, 0.15) is 11.3 Å². The Hall–Kier alpha value is -1.78. The van der Waals surface area contributed by atoms with E-state index in [1.165, 1.54) is 18.3 Å². The predicted molar refractivity (Wildman–Crippen MR) is 53.8 cm³/mol. The summed E-state index contributed by atoms with van der Waals surface area (Å²) >= 11 is 0. The number of rotatable bonds is 1. The van der Waals surface area contributed by atoms with Crippen LogP contribution in [0.2, 0.25) is 0 Å². The number of aromatic amines is 1. The van der Waals surface area contributed by atoms with Crippen molar-refractivity contribution in [2.75, 3.05) is 0 Å². The van der Waals surface area contributed by atoms with Crippen molar-refractivity contribution in [3.05, 3.63) is 41.7 Å². The number of alkyl halides is 3. The molecular formula is C11H9F3N2. The van der Waals surface area contributed by atoms with Crippen LogP contribution in [0.5, 0.6) is 0 Å². The number of benzene rings is 1. The van der Waals surface area contributed by atoms with Gasteiger partial charge in [-0.25, -0.2) is 0 Å². The molecule has 0 unspecified atom stereocenters. The van der Waals surface area contributed by atoms with Crippen molar-refractivity contribution in [1.82, 2.24) is 10.2 Å². The van der Waals surface area contributed by atoms with Crippen LogP contribution in [0.15, 0.2) is 30.5 Å². The van der Waals surface area contributed by atoms with E-state index in [0.29, 0.717) is 11.3 Å². The number of aryl methyl sites for hydroxylation is 1. The highest BCUT2D eigenvalue weighted by atomic mass is 19.4.